The topological polar surface area (TPSA) is 69.9 Å². The van der Waals surface area contributed by atoms with Crippen molar-refractivity contribution in [1.29, 1.82) is 0 Å². The van der Waals surface area contributed by atoms with Gasteiger partial charge in [0.05, 0.1) is 16.3 Å². The van der Waals surface area contributed by atoms with E-state index in [1.54, 1.807) is 16.9 Å². The van der Waals surface area contributed by atoms with Crippen molar-refractivity contribution >= 4 is 17.3 Å². The molecule has 0 fully saturated rings. The molecule has 0 saturated carbocycles. The predicted octanol–water partition coefficient (Wildman–Crippen LogP) is 3.75. The molecule has 26 heavy (non-hydrogen) atoms. The van der Waals surface area contributed by atoms with Crippen LogP contribution in [0, 0.1) is 0 Å². The van der Waals surface area contributed by atoms with E-state index in [9.17, 15) is 4.79 Å². The summed E-state index contributed by atoms with van der Waals surface area (Å²) in [5, 5.41) is 6.32. The number of ether oxygens (including phenoxy) is 1. The molecule has 7 heteroatoms. The summed E-state index contributed by atoms with van der Waals surface area (Å²) in [6, 6.07) is 18.9. The second-order valence-corrected chi connectivity index (χ2v) is 6.33. The molecule has 3 heterocycles. The maximum atomic E-state index is 12.4. The van der Waals surface area contributed by atoms with Crippen LogP contribution in [-0.2, 0) is 11.3 Å². The molecule has 6 nitrogen and oxygen atoms in total. The number of hydrogen-bond donors (Lipinski definition) is 0. The van der Waals surface area contributed by atoms with E-state index in [4.69, 9.17) is 4.74 Å². The maximum absolute atomic E-state index is 12.4. The van der Waals surface area contributed by atoms with Crippen LogP contribution in [0.1, 0.15) is 16.3 Å². The highest BCUT2D eigenvalue weighted by Crippen LogP contribution is 2.25. The Balaban J connectivity index is 1.64. The minimum atomic E-state index is -0.580. The van der Waals surface area contributed by atoms with Crippen LogP contribution in [0.2, 0.25) is 0 Å². The lowest BCUT2D eigenvalue weighted by atomic mass is 10.3. The number of hydrogen-bond acceptors (Lipinski definition) is 6. The largest absolute Gasteiger partial charge is 0.453 e. The third kappa shape index (κ3) is 3.38. The van der Waals surface area contributed by atoms with E-state index in [0.717, 1.165) is 10.6 Å². The molecule has 0 bridgehead atoms. The van der Waals surface area contributed by atoms with E-state index >= 15 is 0 Å². The predicted molar refractivity (Wildman–Crippen MR) is 98.0 cm³/mol. The van der Waals surface area contributed by atoms with Crippen LogP contribution in [0.5, 0.6) is 0 Å². The third-order valence-electron chi connectivity index (χ3n) is 3.61. The standard InChI is InChI=1S/C19H14N4O2S/c24-19(25-13-14-7-4-5-11-20-14)17-21-18(16-10-6-12-26-16)23(22-17)15-8-2-1-3-9-15/h1-12H,13H2. The van der Waals surface area contributed by atoms with Crippen molar-refractivity contribution in [3.8, 4) is 16.4 Å². The van der Waals surface area contributed by atoms with Crippen LogP contribution in [0.15, 0.2) is 72.2 Å². The zero-order valence-electron chi connectivity index (χ0n) is 13.6. The van der Waals surface area contributed by atoms with Gasteiger partial charge in [-0.3, -0.25) is 4.98 Å². The van der Waals surface area contributed by atoms with Crippen molar-refractivity contribution in [1.82, 2.24) is 19.7 Å². The summed E-state index contributed by atoms with van der Waals surface area (Å²) in [5.74, 6) is 0.0484. The van der Waals surface area contributed by atoms with Gasteiger partial charge in [0, 0.05) is 6.20 Å². The Kier molecular flexibility index (Phi) is 4.53. The molecule has 0 aliphatic heterocycles. The number of para-hydroxylation sites is 1. The van der Waals surface area contributed by atoms with Gasteiger partial charge in [0.2, 0.25) is 0 Å². The molecule has 0 radical (unpaired) electrons. The van der Waals surface area contributed by atoms with Gasteiger partial charge in [-0.1, -0.05) is 30.3 Å². The van der Waals surface area contributed by atoms with E-state index in [0.29, 0.717) is 11.5 Å². The number of esters is 1. The first-order chi connectivity index (χ1) is 12.8. The summed E-state index contributed by atoms with van der Waals surface area (Å²) in [7, 11) is 0. The van der Waals surface area contributed by atoms with Crippen LogP contribution in [0.4, 0.5) is 0 Å². The number of carbonyl (C=O) groups is 1. The van der Waals surface area contributed by atoms with E-state index in [-0.39, 0.29) is 12.4 Å². The van der Waals surface area contributed by atoms with E-state index in [2.05, 4.69) is 15.1 Å². The quantitative estimate of drug-likeness (QED) is 0.506. The average Bonchev–Trinajstić information content (AvgIpc) is 3.37. The van der Waals surface area contributed by atoms with Crippen LogP contribution in [0.3, 0.4) is 0 Å². The summed E-state index contributed by atoms with van der Waals surface area (Å²) < 4.78 is 6.96. The van der Waals surface area contributed by atoms with Gasteiger partial charge in [-0.2, -0.15) is 4.98 Å². The molecular formula is C19H14N4O2S. The second-order valence-electron chi connectivity index (χ2n) is 5.38. The molecule has 0 atom stereocenters. The molecule has 0 saturated heterocycles. The fourth-order valence-electron chi connectivity index (χ4n) is 2.40. The van der Waals surface area contributed by atoms with Crippen molar-refractivity contribution in [3.63, 3.8) is 0 Å². The van der Waals surface area contributed by atoms with E-state index in [1.807, 2.05) is 60.0 Å². The summed E-state index contributed by atoms with van der Waals surface area (Å²) in [6.45, 7) is 0.0773. The molecule has 3 aromatic heterocycles. The number of carbonyl (C=O) groups excluding carboxylic acids is 1. The van der Waals surface area contributed by atoms with Crippen LogP contribution >= 0.6 is 11.3 Å². The Bertz CT molecular complexity index is 999. The zero-order valence-corrected chi connectivity index (χ0v) is 14.5. The third-order valence-corrected chi connectivity index (χ3v) is 4.48. The van der Waals surface area contributed by atoms with E-state index < -0.39 is 5.97 Å². The van der Waals surface area contributed by atoms with Crippen LogP contribution in [0.25, 0.3) is 16.4 Å². The first-order valence-electron chi connectivity index (χ1n) is 7.94. The van der Waals surface area contributed by atoms with Gasteiger partial charge >= 0.3 is 5.97 Å². The van der Waals surface area contributed by atoms with Gasteiger partial charge < -0.3 is 4.74 Å². The SMILES string of the molecule is O=C(OCc1ccccn1)c1nc(-c2cccs2)n(-c2ccccc2)n1. The highest BCUT2D eigenvalue weighted by atomic mass is 32.1. The minimum Gasteiger partial charge on any atom is -0.453 e. The summed E-state index contributed by atoms with van der Waals surface area (Å²) in [4.78, 5) is 21.9. The number of thiophene rings is 1. The summed E-state index contributed by atoms with van der Waals surface area (Å²) >= 11 is 1.53. The smallest absolute Gasteiger partial charge is 0.378 e. The Morgan fingerprint density at radius 3 is 2.62 bits per heavy atom. The van der Waals surface area contributed by atoms with Crippen molar-refractivity contribution in [2.75, 3.05) is 0 Å². The molecule has 0 unspecified atom stereocenters. The highest BCUT2D eigenvalue weighted by Gasteiger charge is 2.20. The average molecular weight is 362 g/mol. The van der Waals surface area contributed by atoms with Crippen LogP contribution in [-0.4, -0.2) is 25.7 Å². The summed E-state index contributed by atoms with van der Waals surface area (Å²) in [5.41, 5.74) is 1.49. The Morgan fingerprint density at radius 2 is 1.88 bits per heavy atom. The minimum absolute atomic E-state index is 0.0215. The van der Waals surface area contributed by atoms with Gasteiger partial charge in [0.15, 0.2) is 5.82 Å². The molecule has 0 amide bonds. The number of aromatic nitrogens is 4. The lowest BCUT2D eigenvalue weighted by Crippen LogP contribution is -2.09. The fourth-order valence-corrected chi connectivity index (χ4v) is 3.10. The van der Waals surface area contributed by atoms with Gasteiger partial charge in [-0.15, -0.1) is 16.4 Å². The first-order valence-corrected chi connectivity index (χ1v) is 8.82. The molecule has 4 rings (SSSR count). The molecule has 0 aliphatic rings. The lowest BCUT2D eigenvalue weighted by molar-refractivity contribution is 0.0453. The second kappa shape index (κ2) is 7.28. The van der Waals surface area contributed by atoms with Crippen molar-refractivity contribution in [2.24, 2.45) is 0 Å². The number of pyridine rings is 1. The van der Waals surface area contributed by atoms with Gasteiger partial charge in [-0.25, -0.2) is 9.48 Å². The molecular weight excluding hydrogens is 348 g/mol. The summed E-state index contributed by atoms with van der Waals surface area (Å²) in [6.07, 6.45) is 1.65. The van der Waals surface area contributed by atoms with Gasteiger partial charge in [0.1, 0.15) is 6.61 Å². The molecule has 128 valence electrons. The van der Waals surface area contributed by atoms with Gasteiger partial charge in [0.25, 0.3) is 5.82 Å². The maximum Gasteiger partial charge on any atom is 0.378 e. The lowest BCUT2D eigenvalue weighted by Gasteiger charge is -2.03. The fraction of sp³-hybridized carbons (Fsp3) is 0.0526. The first kappa shape index (κ1) is 16.2. The Labute approximate surface area is 153 Å². The Morgan fingerprint density at radius 1 is 1.04 bits per heavy atom. The van der Waals surface area contributed by atoms with Crippen molar-refractivity contribution in [2.45, 2.75) is 6.61 Å². The van der Waals surface area contributed by atoms with Crippen LogP contribution < -0.4 is 0 Å². The Hall–Kier alpha value is -3.32. The molecule has 4 aromatic rings. The molecule has 0 N–H and O–H groups in total. The van der Waals surface area contributed by atoms with Gasteiger partial charge in [-0.05, 0) is 35.7 Å². The number of nitrogens with zero attached hydrogens (tertiary/aromatic N) is 4. The molecule has 1 aromatic carbocycles. The van der Waals surface area contributed by atoms with E-state index in [1.165, 1.54) is 11.3 Å². The highest BCUT2D eigenvalue weighted by molar-refractivity contribution is 7.13. The van der Waals surface area contributed by atoms with Crippen molar-refractivity contribution < 1.29 is 9.53 Å². The number of rotatable bonds is 5. The van der Waals surface area contributed by atoms with Crippen molar-refractivity contribution in [3.05, 3.63) is 83.8 Å². The number of benzene rings is 1. The molecule has 0 spiro atoms. The monoisotopic (exact) mass is 362 g/mol. The zero-order chi connectivity index (χ0) is 17.8. The normalized spacial score (nSPS) is 10.6. The molecule has 0 aliphatic carbocycles.